The van der Waals surface area contributed by atoms with Crippen LogP contribution in [0.15, 0.2) is 42.5 Å². The molecule has 0 aromatic heterocycles. The van der Waals surface area contributed by atoms with Crippen molar-refractivity contribution in [2.24, 2.45) is 0 Å². The first-order chi connectivity index (χ1) is 8.24. The lowest BCUT2D eigenvalue weighted by atomic mass is 10.1. The van der Waals surface area contributed by atoms with Gasteiger partial charge in [-0.3, -0.25) is 0 Å². The summed E-state index contributed by atoms with van der Waals surface area (Å²) >= 11 is 6.00. The molecule has 17 heavy (non-hydrogen) atoms. The smallest absolute Gasteiger partial charge is 0.150 e. The highest BCUT2D eigenvalue weighted by atomic mass is 35.5. The molecule has 0 saturated heterocycles. The summed E-state index contributed by atoms with van der Waals surface area (Å²) < 4.78 is 5.91. The second kappa shape index (κ2) is 3.97. The van der Waals surface area contributed by atoms with E-state index in [-0.39, 0.29) is 6.04 Å². The monoisotopic (exact) mass is 245 g/mol. The minimum Gasteiger partial charge on any atom is -0.455 e. The van der Waals surface area contributed by atoms with Gasteiger partial charge < -0.3 is 10.1 Å². The van der Waals surface area contributed by atoms with Gasteiger partial charge in [0.05, 0.1) is 11.7 Å². The molecule has 1 atom stereocenters. The molecule has 2 nitrogen and oxygen atoms in total. The van der Waals surface area contributed by atoms with E-state index in [0.717, 1.165) is 22.7 Å². The number of hydrogen-bond acceptors (Lipinski definition) is 2. The molecule has 1 heterocycles. The van der Waals surface area contributed by atoms with Gasteiger partial charge in [-0.2, -0.15) is 0 Å². The van der Waals surface area contributed by atoms with Crippen molar-refractivity contribution in [3.8, 4) is 11.5 Å². The van der Waals surface area contributed by atoms with Crippen LogP contribution in [0.4, 0.5) is 5.69 Å². The van der Waals surface area contributed by atoms with Gasteiger partial charge in [0, 0.05) is 10.6 Å². The second-order valence-electron chi connectivity index (χ2n) is 4.15. The molecule has 1 aliphatic rings. The summed E-state index contributed by atoms with van der Waals surface area (Å²) in [5, 5.41) is 4.12. The van der Waals surface area contributed by atoms with Crippen molar-refractivity contribution in [2.45, 2.75) is 13.0 Å². The van der Waals surface area contributed by atoms with E-state index in [2.05, 4.69) is 12.2 Å². The summed E-state index contributed by atoms with van der Waals surface area (Å²) in [7, 11) is 0. The maximum absolute atomic E-state index is 6.00. The Morgan fingerprint density at radius 2 is 1.94 bits per heavy atom. The van der Waals surface area contributed by atoms with Crippen LogP contribution in [-0.2, 0) is 0 Å². The number of rotatable bonds is 0. The topological polar surface area (TPSA) is 21.3 Å². The fourth-order valence-electron chi connectivity index (χ4n) is 2.06. The zero-order valence-corrected chi connectivity index (χ0v) is 10.2. The molecule has 3 rings (SSSR count). The van der Waals surface area contributed by atoms with Crippen LogP contribution in [0.25, 0.3) is 0 Å². The number of anilines is 1. The number of benzene rings is 2. The molecule has 3 heteroatoms. The average Bonchev–Trinajstić information content (AvgIpc) is 2.44. The van der Waals surface area contributed by atoms with Crippen molar-refractivity contribution in [2.75, 3.05) is 5.32 Å². The van der Waals surface area contributed by atoms with Crippen LogP contribution in [-0.4, -0.2) is 0 Å². The van der Waals surface area contributed by atoms with Crippen LogP contribution >= 0.6 is 11.6 Å². The fraction of sp³-hybridized carbons (Fsp3) is 0.143. The number of fused-ring (bicyclic) bond motifs is 2. The Morgan fingerprint density at radius 3 is 2.82 bits per heavy atom. The van der Waals surface area contributed by atoms with Crippen LogP contribution in [0, 0.1) is 0 Å². The fourth-order valence-corrected chi connectivity index (χ4v) is 2.22. The number of ether oxygens (including phenoxy) is 1. The molecule has 0 fully saturated rings. The van der Waals surface area contributed by atoms with Gasteiger partial charge in [0.25, 0.3) is 0 Å². The molecule has 86 valence electrons. The summed E-state index contributed by atoms with van der Waals surface area (Å²) in [6.45, 7) is 2.11. The van der Waals surface area contributed by atoms with Crippen molar-refractivity contribution in [1.82, 2.24) is 0 Å². The van der Waals surface area contributed by atoms with Crippen molar-refractivity contribution in [3.05, 3.63) is 53.1 Å². The third-order valence-electron chi connectivity index (χ3n) is 2.92. The van der Waals surface area contributed by atoms with Gasteiger partial charge in [-0.1, -0.05) is 29.8 Å². The number of hydrogen-bond donors (Lipinski definition) is 1. The van der Waals surface area contributed by atoms with E-state index in [4.69, 9.17) is 16.3 Å². The zero-order valence-electron chi connectivity index (χ0n) is 9.41. The predicted molar refractivity (Wildman–Crippen MR) is 70.0 cm³/mol. The lowest BCUT2D eigenvalue weighted by molar-refractivity contribution is 0.482. The lowest BCUT2D eigenvalue weighted by Gasteiger charge is -2.13. The normalized spacial score (nSPS) is 17.2. The van der Waals surface area contributed by atoms with Gasteiger partial charge >= 0.3 is 0 Å². The van der Waals surface area contributed by atoms with E-state index < -0.39 is 0 Å². The Bertz CT molecular complexity index is 568. The number of nitrogens with one attached hydrogen (secondary N) is 1. The first kappa shape index (κ1) is 10.5. The zero-order chi connectivity index (χ0) is 11.8. The van der Waals surface area contributed by atoms with Crippen LogP contribution in [0.2, 0.25) is 5.02 Å². The molecule has 0 spiro atoms. The maximum Gasteiger partial charge on any atom is 0.150 e. The van der Waals surface area contributed by atoms with Gasteiger partial charge in [0.2, 0.25) is 0 Å². The van der Waals surface area contributed by atoms with Crippen LogP contribution in [0.1, 0.15) is 18.5 Å². The molecule has 1 N–H and O–H groups in total. The van der Waals surface area contributed by atoms with Gasteiger partial charge in [-0.05, 0) is 31.2 Å². The molecule has 0 radical (unpaired) electrons. The Balaban J connectivity index is 2.15. The van der Waals surface area contributed by atoms with Crippen molar-refractivity contribution in [3.63, 3.8) is 0 Å². The van der Waals surface area contributed by atoms with Crippen molar-refractivity contribution < 1.29 is 4.74 Å². The quantitative estimate of drug-likeness (QED) is 0.731. The van der Waals surface area contributed by atoms with E-state index in [1.165, 1.54) is 0 Å². The van der Waals surface area contributed by atoms with E-state index in [1.54, 1.807) is 0 Å². The molecule has 1 aliphatic heterocycles. The minimum absolute atomic E-state index is 0.200. The SMILES string of the molecule is CC1Nc2ccccc2Oc2cc(Cl)ccc21. The van der Waals surface area contributed by atoms with Crippen LogP contribution in [0.5, 0.6) is 11.5 Å². The molecule has 0 saturated carbocycles. The molecular weight excluding hydrogens is 234 g/mol. The summed E-state index contributed by atoms with van der Waals surface area (Å²) in [6.07, 6.45) is 0. The summed E-state index contributed by atoms with van der Waals surface area (Å²) in [5.74, 6) is 1.66. The molecule has 0 aliphatic carbocycles. The first-order valence-corrected chi connectivity index (χ1v) is 5.95. The Morgan fingerprint density at radius 1 is 1.12 bits per heavy atom. The number of para-hydroxylation sites is 2. The highest BCUT2D eigenvalue weighted by molar-refractivity contribution is 6.30. The van der Waals surface area contributed by atoms with E-state index >= 15 is 0 Å². The molecule has 0 amide bonds. The van der Waals surface area contributed by atoms with Gasteiger partial charge in [-0.15, -0.1) is 0 Å². The highest BCUT2D eigenvalue weighted by Gasteiger charge is 2.19. The Hall–Kier alpha value is -1.67. The van der Waals surface area contributed by atoms with E-state index in [0.29, 0.717) is 5.02 Å². The Kier molecular flexibility index (Phi) is 2.45. The molecule has 1 unspecified atom stereocenters. The third kappa shape index (κ3) is 1.85. The largest absolute Gasteiger partial charge is 0.455 e. The highest BCUT2D eigenvalue weighted by Crippen LogP contribution is 2.40. The van der Waals surface area contributed by atoms with E-state index in [9.17, 15) is 0 Å². The summed E-state index contributed by atoms with van der Waals surface area (Å²) in [6, 6.07) is 13.9. The van der Waals surface area contributed by atoms with Crippen LogP contribution in [0.3, 0.4) is 0 Å². The lowest BCUT2D eigenvalue weighted by Crippen LogP contribution is -2.04. The summed E-state index contributed by atoms with van der Waals surface area (Å²) in [4.78, 5) is 0. The molecule has 0 bridgehead atoms. The predicted octanol–water partition coefficient (Wildman–Crippen LogP) is 4.62. The van der Waals surface area contributed by atoms with Crippen molar-refractivity contribution in [1.29, 1.82) is 0 Å². The third-order valence-corrected chi connectivity index (χ3v) is 3.16. The number of halogens is 1. The second-order valence-corrected chi connectivity index (χ2v) is 4.58. The van der Waals surface area contributed by atoms with Crippen LogP contribution < -0.4 is 10.1 Å². The van der Waals surface area contributed by atoms with E-state index in [1.807, 2.05) is 42.5 Å². The summed E-state index contributed by atoms with van der Waals surface area (Å²) in [5.41, 5.74) is 2.12. The maximum atomic E-state index is 6.00. The van der Waals surface area contributed by atoms with Gasteiger partial charge in [0.1, 0.15) is 5.75 Å². The Labute approximate surface area is 105 Å². The molecule has 2 aromatic rings. The van der Waals surface area contributed by atoms with Gasteiger partial charge in [-0.25, -0.2) is 0 Å². The van der Waals surface area contributed by atoms with Gasteiger partial charge in [0.15, 0.2) is 5.75 Å². The first-order valence-electron chi connectivity index (χ1n) is 5.57. The standard InChI is InChI=1S/C14H12ClNO/c1-9-11-7-6-10(15)8-14(11)17-13-5-3-2-4-12(13)16-9/h2-9,16H,1H3. The van der Waals surface area contributed by atoms with Crippen molar-refractivity contribution >= 4 is 17.3 Å². The molecular formula is C14H12ClNO. The average molecular weight is 246 g/mol. The molecule has 2 aromatic carbocycles. The minimum atomic E-state index is 0.200.